The SMILES string of the molecule is CC(C)(C)[Si](C)(C)Oc1cc2c(c(O[Si](C)(C)C(C)(C)C)c1)C[C@@H](NC(=O)c1cc(O)c(O)c(O)c1)[C@@H](c1ccc(O[Si](C)(C)C(C)(C)C)c(O[Si](C)(C)C(C)(C)C)c1)O2.CC(C)(C)[Si](C)(C)Oc1cc2c(c(O[Si](C)(C)C(C)(C)C)c1)C[C@@H](NC(=O)c1cc(OCc3ccccc3)c(OCc3ccccc3)c(OCc3ccccc3)c1)[C@@H](c1ccc(O[Si](C)(C)C(C)(C)C)c(O[Si](C)(C)C(C)(C)C)c1)O2. The van der Waals surface area contributed by atoms with E-state index in [1.165, 1.54) is 0 Å². The van der Waals surface area contributed by atoms with E-state index in [0.29, 0.717) is 93.1 Å². The van der Waals surface area contributed by atoms with Crippen LogP contribution >= 0.6 is 0 Å². The lowest BCUT2D eigenvalue weighted by atomic mass is 9.91. The highest BCUT2D eigenvalue weighted by Gasteiger charge is 2.50. The monoisotopic (exact) mass is 2070 g/mol. The van der Waals surface area contributed by atoms with Crippen LogP contribution in [0.3, 0.4) is 0 Å². The second-order valence-corrected chi connectivity index (χ2v) is 88.5. The maximum atomic E-state index is 15.6. The first-order valence-electron chi connectivity index (χ1n) is 49.9. The Morgan fingerprint density at radius 3 is 0.837 bits per heavy atom. The van der Waals surface area contributed by atoms with Crippen LogP contribution in [0.4, 0.5) is 0 Å². The van der Waals surface area contributed by atoms with Gasteiger partial charge in [-0.15, -0.1) is 0 Å². The van der Waals surface area contributed by atoms with Gasteiger partial charge in [0.15, 0.2) is 28.7 Å². The molecular formula is C113H168N2O18Si8. The van der Waals surface area contributed by atoms with Gasteiger partial charge >= 0.3 is 0 Å². The number of fused-ring (bicyclic) bond motifs is 2. The van der Waals surface area contributed by atoms with Crippen molar-refractivity contribution in [3.8, 4) is 92.0 Å². The summed E-state index contributed by atoms with van der Waals surface area (Å²) >= 11 is 0. The quantitative estimate of drug-likeness (QED) is 0.0200. The molecule has 11 rings (SSSR count). The summed E-state index contributed by atoms with van der Waals surface area (Å²) in [6.45, 7) is 89.9. The van der Waals surface area contributed by atoms with Gasteiger partial charge in [-0.25, -0.2) is 0 Å². The lowest BCUT2D eigenvalue weighted by molar-refractivity contribution is 0.0832. The van der Waals surface area contributed by atoms with Crippen molar-refractivity contribution in [2.45, 2.75) is 368 Å². The molecule has 2 heterocycles. The molecule has 0 fully saturated rings. The molecule has 0 spiro atoms. The normalized spacial score (nSPS) is 16.1. The molecule has 0 aliphatic carbocycles. The molecule has 0 radical (unpaired) electrons. The van der Waals surface area contributed by atoms with E-state index in [0.717, 1.165) is 51.1 Å². The van der Waals surface area contributed by atoms with Crippen LogP contribution in [0.25, 0.3) is 0 Å². The minimum absolute atomic E-state index is 0.0247. The van der Waals surface area contributed by atoms with E-state index in [1.54, 1.807) is 12.1 Å². The van der Waals surface area contributed by atoms with Gasteiger partial charge in [0.1, 0.15) is 89.5 Å². The summed E-state index contributed by atoms with van der Waals surface area (Å²) in [5.41, 5.74) is 6.45. The van der Waals surface area contributed by atoms with Gasteiger partial charge < -0.3 is 85.0 Å². The van der Waals surface area contributed by atoms with Crippen LogP contribution in [0.1, 0.15) is 238 Å². The number of carbonyl (C=O) groups is 2. The third kappa shape index (κ3) is 27.6. The van der Waals surface area contributed by atoms with Gasteiger partial charge in [0, 0.05) is 59.4 Å². The first-order chi connectivity index (χ1) is 64.4. The average molecular weight is 2070 g/mol. The van der Waals surface area contributed by atoms with E-state index >= 15 is 4.79 Å². The predicted molar refractivity (Wildman–Crippen MR) is 595 cm³/mol. The van der Waals surface area contributed by atoms with Gasteiger partial charge in [-0.3, -0.25) is 9.59 Å². The fourth-order valence-corrected chi connectivity index (χ4v) is 21.9. The molecule has 9 aromatic rings. The molecule has 20 nitrogen and oxygen atoms in total. The zero-order valence-corrected chi connectivity index (χ0v) is 101. The van der Waals surface area contributed by atoms with Crippen molar-refractivity contribution < 1.29 is 84.0 Å². The molecular weight excluding hydrogens is 1900 g/mol. The molecule has 141 heavy (non-hydrogen) atoms. The van der Waals surface area contributed by atoms with Gasteiger partial charge in [-0.2, -0.15) is 0 Å². The highest BCUT2D eigenvalue weighted by Crippen LogP contribution is 2.55. The molecule has 4 atom stereocenters. The van der Waals surface area contributed by atoms with Gasteiger partial charge in [0.05, 0.1) is 12.1 Å². The Hall–Kier alpha value is -9.54. The van der Waals surface area contributed by atoms with Crippen LogP contribution in [-0.2, 0) is 32.7 Å². The van der Waals surface area contributed by atoms with E-state index in [4.69, 9.17) is 59.1 Å². The summed E-state index contributed by atoms with van der Waals surface area (Å²) in [5.74, 6) is 5.00. The molecule has 2 amide bonds. The number of carbonyl (C=O) groups excluding carboxylic acids is 2. The van der Waals surface area contributed by atoms with Crippen LogP contribution in [-0.4, -0.2) is 106 Å². The Morgan fingerprint density at radius 2 is 0.553 bits per heavy atom. The summed E-state index contributed by atoms with van der Waals surface area (Å²) < 4.78 is 91.3. The predicted octanol–water partition coefficient (Wildman–Crippen LogP) is 31.2. The van der Waals surface area contributed by atoms with Crippen LogP contribution in [0.15, 0.2) is 176 Å². The molecule has 770 valence electrons. The molecule has 28 heteroatoms. The van der Waals surface area contributed by atoms with Crippen molar-refractivity contribution in [3.05, 3.63) is 226 Å². The van der Waals surface area contributed by atoms with Crippen molar-refractivity contribution in [1.29, 1.82) is 0 Å². The standard InChI is InChI=1S/C67H93NO9Si4.C46H75NO9Si4/c1-64(2,3)78(13,14)74-52-41-56-53(57(42-52)76-80(17,18)66(7,8)9)43-54(61(73-56)50-36-37-55(75-79(15,16)65(4,5)6)58(38-50)77-81(19,20)67(10,11)12)68-63(69)51-39-59(70-44-47-30-24-21-25-31-47)62(72-46-49-34-28-23-29-35-49)60(40-51)71-45-48-32-26-22-27-33-48;1-43(2,3)57(13,14)53-31-26-37-32(38(27-31)55-59(17,18)45(7,8)9)28-33(47-42(51)30-23-34(48)40(50)35(49)24-30)41(52-37)29-21-22-36(54-58(15,16)44(4,5)6)39(25-29)56-60(19,20)46(10,11)12/h21-42,54,61H,43-46H2,1-20H3,(H,68,69);21-27,33,41,48-50H,28H2,1-20H3,(H,47,51)/t54-,61-;33-,41-/m11/s1. The highest BCUT2D eigenvalue weighted by molar-refractivity contribution is 6.78. The fraction of sp³-hybridized carbons (Fsp3) is 0.504. The van der Waals surface area contributed by atoms with E-state index < -0.39 is 114 Å². The van der Waals surface area contributed by atoms with Gasteiger partial charge in [0.25, 0.3) is 45.1 Å². The number of phenolic OH excluding ortho intramolecular Hbond substituents is 3. The van der Waals surface area contributed by atoms with Crippen LogP contribution in [0, 0.1) is 0 Å². The second kappa shape index (κ2) is 41.9. The summed E-state index contributed by atoms with van der Waals surface area (Å²) in [7, 11) is -19.0. The summed E-state index contributed by atoms with van der Waals surface area (Å²) in [6, 6.07) is 54.5. The van der Waals surface area contributed by atoms with Crippen LogP contribution in [0.2, 0.25) is 145 Å². The third-order valence-corrected chi connectivity index (χ3v) is 66.1. The van der Waals surface area contributed by atoms with Gasteiger partial charge in [0.2, 0.25) is 39.0 Å². The van der Waals surface area contributed by atoms with Crippen molar-refractivity contribution in [2.24, 2.45) is 0 Å². The molecule has 0 bridgehead atoms. The summed E-state index contributed by atoms with van der Waals surface area (Å²) in [4.78, 5) is 29.7. The van der Waals surface area contributed by atoms with E-state index in [1.807, 2.05) is 133 Å². The number of hydrogen-bond acceptors (Lipinski definition) is 18. The number of rotatable bonds is 31. The molecule has 2 aliphatic rings. The largest absolute Gasteiger partial charge is 0.543 e. The minimum atomic E-state index is -2.46. The topological polar surface area (TPSA) is 239 Å². The van der Waals surface area contributed by atoms with Crippen molar-refractivity contribution in [3.63, 3.8) is 0 Å². The number of benzene rings is 9. The lowest BCUT2D eigenvalue weighted by Crippen LogP contribution is -2.47. The van der Waals surface area contributed by atoms with E-state index in [-0.39, 0.29) is 71.6 Å². The van der Waals surface area contributed by atoms with Crippen LogP contribution < -0.4 is 69.7 Å². The number of ether oxygens (including phenoxy) is 5. The second-order valence-electron chi connectivity index (χ2n) is 50.7. The molecule has 2 aliphatic heterocycles. The van der Waals surface area contributed by atoms with Crippen LogP contribution in [0.5, 0.6) is 92.0 Å². The minimum Gasteiger partial charge on any atom is -0.543 e. The Labute approximate surface area is 853 Å². The number of nitrogens with one attached hydrogen (secondary N) is 2. The number of amides is 2. The molecule has 9 aromatic carbocycles. The average Bonchev–Trinajstić information content (AvgIpc) is 0.754. The summed E-state index contributed by atoms with van der Waals surface area (Å²) in [6.07, 6.45) is -0.727. The maximum absolute atomic E-state index is 15.6. The Bertz CT molecular complexity index is 5780. The molecule has 0 unspecified atom stereocenters. The zero-order chi connectivity index (χ0) is 106. The van der Waals surface area contributed by atoms with Crippen molar-refractivity contribution in [1.82, 2.24) is 10.6 Å². The van der Waals surface area contributed by atoms with E-state index in [2.05, 4.69) is 300 Å². The smallest absolute Gasteiger partial charge is 0.251 e. The molecule has 0 saturated heterocycles. The van der Waals surface area contributed by atoms with Crippen molar-refractivity contribution in [2.75, 3.05) is 0 Å². The first kappa shape index (κ1) is 113. The fourth-order valence-electron chi connectivity index (χ4n) is 13.7. The third-order valence-electron chi connectivity index (χ3n) is 31.3. The molecule has 5 N–H and O–H groups in total. The molecule has 0 aromatic heterocycles. The first-order valence-corrected chi connectivity index (χ1v) is 73.2. The van der Waals surface area contributed by atoms with Gasteiger partial charge in [-0.1, -0.05) is 269 Å². The highest BCUT2D eigenvalue weighted by atomic mass is 28.4. The van der Waals surface area contributed by atoms with Gasteiger partial charge in [-0.05, 0) is 221 Å². The van der Waals surface area contributed by atoms with Crippen molar-refractivity contribution >= 4 is 78.4 Å². The Kier molecular flexibility index (Phi) is 33.7. The van der Waals surface area contributed by atoms with E-state index in [9.17, 15) is 20.1 Å². The maximum Gasteiger partial charge on any atom is 0.251 e. The lowest BCUT2D eigenvalue weighted by Gasteiger charge is -2.41. The zero-order valence-electron chi connectivity index (χ0n) is 92.6. The Balaban J connectivity index is 0.000000304. The number of hydrogen-bond donors (Lipinski definition) is 5. The number of phenols is 3. The number of aromatic hydroxyl groups is 3. The molecule has 0 saturated carbocycles. The summed E-state index contributed by atoms with van der Waals surface area (Å²) in [5, 5.41) is 36.7. The Morgan fingerprint density at radius 1 is 0.298 bits per heavy atom.